The van der Waals surface area contributed by atoms with Gasteiger partial charge in [0.15, 0.2) is 0 Å². The lowest BCUT2D eigenvalue weighted by Crippen LogP contribution is -2.24. The van der Waals surface area contributed by atoms with E-state index in [4.69, 9.17) is 8.83 Å². The van der Waals surface area contributed by atoms with Gasteiger partial charge in [0.2, 0.25) is 11.8 Å². The van der Waals surface area contributed by atoms with Crippen molar-refractivity contribution in [3.8, 4) is 11.5 Å². The fourth-order valence-corrected chi connectivity index (χ4v) is 2.38. The summed E-state index contributed by atoms with van der Waals surface area (Å²) < 4.78 is 23.7. The van der Waals surface area contributed by atoms with Crippen LogP contribution in [0.3, 0.4) is 0 Å². The predicted octanol–water partition coefficient (Wildman–Crippen LogP) is 2.88. The Bertz CT molecular complexity index is 789. The van der Waals surface area contributed by atoms with Gasteiger partial charge in [0.25, 0.3) is 5.22 Å². The van der Waals surface area contributed by atoms with E-state index in [1.165, 1.54) is 12.1 Å². The zero-order chi connectivity index (χ0) is 16.1. The molecule has 0 spiro atoms. The Morgan fingerprint density at radius 3 is 2.96 bits per heavy atom. The minimum Gasteiger partial charge on any atom is -0.467 e. The van der Waals surface area contributed by atoms with Crippen LogP contribution in [0.5, 0.6) is 0 Å². The molecule has 0 atom stereocenters. The second-order valence-corrected chi connectivity index (χ2v) is 5.45. The van der Waals surface area contributed by atoms with E-state index in [-0.39, 0.29) is 28.6 Å². The van der Waals surface area contributed by atoms with Crippen molar-refractivity contribution in [2.75, 3.05) is 5.75 Å². The Morgan fingerprint density at radius 2 is 2.17 bits per heavy atom. The molecule has 0 unspecified atom stereocenters. The van der Waals surface area contributed by atoms with E-state index in [0.717, 1.165) is 11.8 Å². The molecule has 0 aliphatic rings. The highest BCUT2D eigenvalue weighted by Gasteiger charge is 2.11. The smallest absolute Gasteiger partial charge is 0.277 e. The largest absolute Gasteiger partial charge is 0.467 e. The van der Waals surface area contributed by atoms with Crippen molar-refractivity contribution in [2.45, 2.75) is 11.8 Å². The lowest BCUT2D eigenvalue weighted by atomic mass is 10.2. The molecule has 8 heteroatoms. The first kappa shape index (κ1) is 15.3. The van der Waals surface area contributed by atoms with Crippen molar-refractivity contribution in [3.05, 3.63) is 54.2 Å². The Balaban J connectivity index is 1.52. The van der Waals surface area contributed by atoms with Gasteiger partial charge in [0, 0.05) is 5.56 Å². The molecule has 1 aromatic carbocycles. The second-order valence-electron chi connectivity index (χ2n) is 4.53. The number of aromatic nitrogens is 2. The van der Waals surface area contributed by atoms with Gasteiger partial charge in [-0.15, -0.1) is 10.2 Å². The van der Waals surface area contributed by atoms with Crippen LogP contribution in [0.25, 0.3) is 11.5 Å². The minimum absolute atomic E-state index is 0.130. The monoisotopic (exact) mass is 333 g/mol. The molecule has 2 aromatic heterocycles. The first-order valence-corrected chi connectivity index (χ1v) is 7.70. The zero-order valence-electron chi connectivity index (χ0n) is 11.9. The van der Waals surface area contributed by atoms with E-state index in [1.54, 1.807) is 30.5 Å². The number of nitrogens with zero attached hydrogens (tertiary/aromatic N) is 2. The standard InChI is InChI=1S/C15H12FN3O3S/c16-11-4-1-3-10(7-11)14-18-19-15(22-14)23-9-13(20)17-8-12-5-2-6-21-12/h1-7H,8-9H2,(H,17,20). The molecular formula is C15H12FN3O3S. The van der Waals surface area contributed by atoms with Crippen molar-refractivity contribution in [1.29, 1.82) is 0 Å². The van der Waals surface area contributed by atoms with Gasteiger partial charge in [-0.2, -0.15) is 0 Å². The van der Waals surface area contributed by atoms with Crippen molar-refractivity contribution in [2.24, 2.45) is 0 Å². The Kier molecular flexibility index (Phi) is 4.72. The van der Waals surface area contributed by atoms with E-state index in [0.29, 0.717) is 17.9 Å². The van der Waals surface area contributed by atoms with Crippen LogP contribution in [0.2, 0.25) is 0 Å². The van der Waals surface area contributed by atoms with Crippen LogP contribution < -0.4 is 5.32 Å². The number of carbonyl (C=O) groups excluding carboxylic acids is 1. The van der Waals surface area contributed by atoms with Crippen LogP contribution in [0.4, 0.5) is 4.39 Å². The fourth-order valence-electron chi connectivity index (χ4n) is 1.78. The molecular weight excluding hydrogens is 321 g/mol. The summed E-state index contributed by atoms with van der Waals surface area (Å²) in [6.45, 7) is 0.324. The summed E-state index contributed by atoms with van der Waals surface area (Å²) in [6.07, 6.45) is 1.54. The summed E-state index contributed by atoms with van der Waals surface area (Å²) in [5.74, 6) is 0.451. The number of amides is 1. The van der Waals surface area contributed by atoms with E-state index < -0.39 is 0 Å². The quantitative estimate of drug-likeness (QED) is 0.699. The number of hydrogen-bond acceptors (Lipinski definition) is 6. The maximum absolute atomic E-state index is 13.2. The van der Waals surface area contributed by atoms with Gasteiger partial charge < -0.3 is 14.2 Å². The number of furan rings is 1. The second kappa shape index (κ2) is 7.10. The lowest BCUT2D eigenvalue weighted by Gasteiger charge is -2.00. The van der Waals surface area contributed by atoms with Crippen LogP contribution in [0.15, 0.2) is 56.7 Å². The topological polar surface area (TPSA) is 81.2 Å². The van der Waals surface area contributed by atoms with Crippen LogP contribution in [0, 0.1) is 5.82 Å². The number of rotatable bonds is 6. The van der Waals surface area contributed by atoms with E-state index in [2.05, 4.69) is 15.5 Å². The molecule has 0 saturated carbocycles. The summed E-state index contributed by atoms with van der Waals surface area (Å²) >= 11 is 1.11. The Hall–Kier alpha value is -2.61. The summed E-state index contributed by atoms with van der Waals surface area (Å²) in [4.78, 5) is 11.7. The number of carbonyl (C=O) groups is 1. The highest BCUT2D eigenvalue weighted by Crippen LogP contribution is 2.23. The average molecular weight is 333 g/mol. The fraction of sp³-hybridized carbons (Fsp3) is 0.133. The molecule has 1 amide bonds. The molecule has 118 valence electrons. The van der Waals surface area contributed by atoms with E-state index in [9.17, 15) is 9.18 Å². The van der Waals surface area contributed by atoms with Gasteiger partial charge in [-0.05, 0) is 30.3 Å². The number of nitrogens with one attached hydrogen (secondary N) is 1. The summed E-state index contributed by atoms with van der Waals surface area (Å²) in [7, 11) is 0. The SMILES string of the molecule is O=C(CSc1nnc(-c2cccc(F)c2)o1)NCc1ccco1. The minimum atomic E-state index is -0.382. The van der Waals surface area contributed by atoms with Crippen molar-refractivity contribution >= 4 is 17.7 Å². The highest BCUT2D eigenvalue weighted by molar-refractivity contribution is 7.99. The Labute approximate surface area is 135 Å². The third kappa shape index (κ3) is 4.19. The molecule has 0 radical (unpaired) electrons. The van der Waals surface area contributed by atoms with Gasteiger partial charge in [-0.25, -0.2) is 4.39 Å². The molecule has 0 fully saturated rings. The zero-order valence-corrected chi connectivity index (χ0v) is 12.7. The van der Waals surface area contributed by atoms with Gasteiger partial charge >= 0.3 is 0 Å². The maximum Gasteiger partial charge on any atom is 0.277 e. The average Bonchev–Trinajstić information content (AvgIpc) is 3.22. The van der Waals surface area contributed by atoms with Crippen molar-refractivity contribution in [3.63, 3.8) is 0 Å². The Morgan fingerprint density at radius 1 is 1.26 bits per heavy atom. The summed E-state index contributed by atoms with van der Waals surface area (Å²) in [5, 5.41) is 10.6. The highest BCUT2D eigenvalue weighted by atomic mass is 32.2. The van der Waals surface area contributed by atoms with E-state index >= 15 is 0 Å². The van der Waals surface area contributed by atoms with Gasteiger partial charge in [-0.1, -0.05) is 17.8 Å². The molecule has 0 aliphatic heterocycles. The van der Waals surface area contributed by atoms with E-state index in [1.807, 2.05) is 0 Å². The van der Waals surface area contributed by atoms with Gasteiger partial charge in [0.1, 0.15) is 11.6 Å². The molecule has 0 saturated heterocycles. The van der Waals surface area contributed by atoms with Gasteiger partial charge in [-0.3, -0.25) is 4.79 Å². The lowest BCUT2D eigenvalue weighted by molar-refractivity contribution is -0.118. The third-order valence-electron chi connectivity index (χ3n) is 2.84. The van der Waals surface area contributed by atoms with Gasteiger partial charge in [0.05, 0.1) is 18.6 Å². The van der Waals surface area contributed by atoms with Crippen LogP contribution >= 0.6 is 11.8 Å². The summed E-state index contributed by atoms with van der Waals surface area (Å²) in [6, 6.07) is 9.39. The molecule has 2 heterocycles. The molecule has 23 heavy (non-hydrogen) atoms. The van der Waals surface area contributed by atoms with Crippen LogP contribution in [-0.2, 0) is 11.3 Å². The number of thioether (sulfide) groups is 1. The normalized spacial score (nSPS) is 10.7. The van der Waals surface area contributed by atoms with Crippen LogP contribution in [0.1, 0.15) is 5.76 Å². The molecule has 1 N–H and O–H groups in total. The number of benzene rings is 1. The molecule has 3 rings (SSSR count). The molecule has 6 nitrogen and oxygen atoms in total. The predicted molar refractivity (Wildman–Crippen MR) is 81.0 cm³/mol. The van der Waals surface area contributed by atoms with Crippen molar-refractivity contribution < 1.29 is 18.0 Å². The third-order valence-corrected chi connectivity index (χ3v) is 3.66. The number of halogens is 1. The first-order chi connectivity index (χ1) is 11.2. The molecule has 0 bridgehead atoms. The van der Waals surface area contributed by atoms with Crippen molar-refractivity contribution in [1.82, 2.24) is 15.5 Å². The maximum atomic E-state index is 13.2. The summed E-state index contributed by atoms with van der Waals surface area (Å²) in [5.41, 5.74) is 0.492. The molecule has 0 aliphatic carbocycles. The van der Waals surface area contributed by atoms with Crippen LogP contribution in [-0.4, -0.2) is 21.9 Å². The number of hydrogen-bond donors (Lipinski definition) is 1. The first-order valence-electron chi connectivity index (χ1n) is 6.72. The molecule has 3 aromatic rings.